The van der Waals surface area contributed by atoms with Crippen molar-refractivity contribution in [1.82, 2.24) is 4.98 Å². The molecule has 2 fully saturated rings. The molecule has 2 N–H and O–H groups in total. The Balaban J connectivity index is 1.56. The van der Waals surface area contributed by atoms with E-state index < -0.39 is 0 Å². The molecule has 1 aromatic carbocycles. The van der Waals surface area contributed by atoms with Crippen LogP contribution < -0.4 is 9.47 Å². The van der Waals surface area contributed by atoms with E-state index in [1.54, 1.807) is 0 Å². The molecule has 0 atom stereocenters. The van der Waals surface area contributed by atoms with Gasteiger partial charge in [0.15, 0.2) is 0 Å². The summed E-state index contributed by atoms with van der Waals surface area (Å²) in [5.74, 6) is 0.861. The summed E-state index contributed by atoms with van der Waals surface area (Å²) in [6.45, 7) is 1.84. The summed E-state index contributed by atoms with van der Waals surface area (Å²) < 4.78 is 7.42. The van der Waals surface area contributed by atoms with E-state index in [2.05, 4.69) is 23.2 Å². The zero-order chi connectivity index (χ0) is 20.7. The van der Waals surface area contributed by atoms with Gasteiger partial charge in [-0.1, -0.05) is 6.42 Å². The number of H-pyrrole nitrogens is 1. The number of aromatic amines is 1. The van der Waals surface area contributed by atoms with Crippen LogP contribution in [-0.2, 0) is 0 Å². The first kappa shape index (κ1) is 19.8. The molecule has 0 saturated heterocycles. The van der Waals surface area contributed by atoms with E-state index in [0.717, 1.165) is 52.7 Å². The van der Waals surface area contributed by atoms with Crippen molar-refractivity contribution in [2.45, 2.75) is 74.2 Å². The molecule has 2 heterocycles. The molecule has 0 aliphatic heterocycles. The lowest BCUT2D eigenvalue weighted by Gasteiger charge is -2.28. The summed E-state index contributed by atoms with van der Waals surface area (Å²) in [4.78, 5) is 4.34. The molecule has 0 amide bonds. The summed E-state index contributed by atoms with van der Waals surface area (Å²) in [7, 11) is 0. The predicted octanol–water partition coefficient (Wildman–Crippen LogP) is 5.10. The second-order valence-electron chi connectivity index (χ2n) is 8.61. The third-order valence-corrected chi connectivity index (χ3v) is 7.76. The number of fused-ring (bicyclic) bond motifs is 1. The van der Waals surface area contributed by atoms with E-state index in [1.807, 2.05) is 37.0 Å². The Hall–Kier alpha value is -2.18. The van der Waals surface area contributed by atoms with Gasteiger partial charge in [-0.15, -0.1) is 11.8 Å². The molecule has 30 heavy (non-hydrogen) atoms. The topological polar surface area (TPSA) is 72.2 Å². The number of nitrogens with one attached hydrogen (secondary N) is 1. The fraction of sp³-hybridized carbons (Fsp3) is 0.458. The fourth-order valence-electron chi connectivity index (χ4n) is 4.41. The number of ether oxygens (including phenoxy) is 1. The number of hydrogen-bond donors (Lipinski definition) is 2. The molecule has 2 aliphatic carbocycles. The van der Waals surface area contributed by atoms with Crippen LogP contribution in [0, 0.1) is 12.1 Å². The third-order valence-electron chi connectivity index (χ3n) is 6.43. The van der Waals surface area contributed by atoms with Crippen LogP contribution >= 0.6 is 11.8 Å². The van der Waals surface area contributed by atoms with Crippen LogP contribution in [0.4, 0.5) is 0 Å². The first-order valence-corrected chi connectivity index (χ1v) is 11.8. The molecule has 158 valence electrons. The monoisotopic (exact) mass is 424 g/mol. The van der Waals surface area contributed by atoms with Gasteiger partial charge >= 0.3 is 0 Å². The van der Waals surface area contributed by atoms with Crippen molar-refractivity contribution < 1.29 is 14.6 Å². The largest absolute Gasteiger partial charge is 0.710 e. The van der Waals surface area contributed by atoms with Crippen LogP contribution in [0.2, 0.25) is 0 Å². The van der Waals surface area contributed by atoms with Gasteiger partial charge in [0.1, 0.15) is 11.4 Å². The SMILES string of the molecule is Cc1cc(-c2cc(SC3CCC3)ccc2OC2CCC(O)CC2)c2cc[nH]c2[n+]1[O-]. The summed E-state index contributed by atoms with van der Waals surface area (Å²) in [5, 5.41) is 23.9. The molecule has 2 aliphatic rings. The molecule has 3 aromatic rings. The van der Waals surface area contributed by atoms with Gasteiger partial charge in [0.2, 0.25) is 0 Å². The van der Waals surface area contributed by atoms with E-state index in [4.69, 9.17) is 4.74 Å². The Morgan fingerprint density at radius 1 is 1.07 bits per heavy atom. The number of pyridine rings is 1. The highest BCUT2D eigenvalue weighted by atomic mass is 32.2. The molecular formula is C24H28N2O3S. The number of hydrogen-bond acceptors (Lipinski definition) is 4. The molecule has 5 rings (SSSR count). The fourth-order valence-corrected chi connectivity index (χ4v) is 5.70. The van der Waals surface area contributed by atoms with Crippen molar-refractivity contribution in [2.24, 2.45) is 0 Å². The van der Waals surface area contributed by atoms with Crippen LogP contribution in [-0.4, -0.2) is 27.5 Å². The van der Waals surface area contributed by atoms with Crippen LogP contribution in [0.5, 0.6) is 5.75 Å². The number of nitrogens with zero attached hydrogens (tertiary/aromatic N) is 1. The van der Waals surface area contributed by atoms with Crippen molar-refractivity contribution in [1.29, 1.82) is 0 Å². The Labute approximate surface area is 181 Å². The quantitative estimate of drug-likeness (QED) is 0.441. The average molecular weight is 425 g/mol. The van der Waals surface area contributed by atoms with Crippen molar-refractivity contribution in [3.63, 3.8) is 0 Å². The molecule has 0 spiro atoms. The number of rotatable bonds is 5. The number of aliphatic hydroxyl groups excluding tert-OH is 1. The summed E-state index contributed by atoms with van der Waals surface area (Å²) in [6, 6.07) is 10.4. The van der Waals surface area contributed by atoms with Gasteiger partial charge in [0.05, 0.1) is 23.8 Å². The maximum atomic E-state index is 12.5. The minimum Gasteiger partial charge on any atom is -0.710 e. The molecule has 0 radical (unpaired) electrons. The van der Waals surface area contributed by atoms with Crippen molar-refractivity contribution >= 4 is 22.8 Å². The molecule has 0 bridgehead atoms. The van der Waals surface area contributed by atoms with Gasteiger partial charge in [-0.25, -0.2) is 9.71 Å². The second kappa shape index (κ2) is 8.16. The van der Waals surface area contributed by atoms with Gasteiger partial charge in [-0.3, -0.25) is 0 Å². The number of thioether (sulfide) groups is 1. The number of aromatic nitrogens is 2. The van der Waals surface area contributed by atoms with Crippen molar-refractivity contribution in [3.8, 4) is 16.9 Å². The first-order valence-electron chi connectivity index (χ1n) is 10.9. The maximum absolute atomic E-state index is 12.5. The lowest BCUT2D eigenvalue weighted by Crippen LogP contribution is -2.31. The maximum Gasteiger partial charge on any atom is 0.290 e. The minimum atomic E-state index is -0.200. The normalized spacial score (nSPS) is 22.2. The van der Waals surface area contributed by atoms with Gasteiger partial charge in [0.25, 0.3) is 5.65 Å². The zero-order valence-electron chi connectivity index (χ0n) is 17.3. The number of aliphatic hydroxyl groups is 1. The van der Waals surface area contributed by atoms with E-state index in [0.29, 0.717) is 16.6 Å². The summed E-state index contributed by atoms with van der Waals surface area (Å²) in [6.07, 6.45) is 8.94. The minimum absolute atomic E-state index is 0.119. The highest BCUT2D eigenvalue weighted by Crippen LogP contribution is 2.42. The van der Waals surface area contributed by atoms with E-state index >= 15 is 0 Å². The summed E-state index contributed by atoms with van der Waals surface area (Å²) >= 11 is 1.95. The van der Waals surface area contributed by atoms with E-state index in [1.165, 1.54) is 24.2 Å². The second-order valence-corrected chi connectivity index (χ2v) is 9.98. The number of aryl methyl sites for hydroxylation is 1. The zero-order valence-corrected chi connectivity index (χ0v) is 18.1. The third kappa shape index (κ3) is 3.79. The molecule has 0 unspecified atom stereocenters. The molecule has 2 saturated carbocycles. The smallest absolute Gasteiger partial charge is 0.290 e. The van der Waals surface area contributed by atoms with Gasteiger partial charge < -0.3 is 15.1 Å². The van der Waals surface area contributed by atoms with Crippen molar-refractivity contribution in [2.75, 3.05) is 0 Å². The number of benzene rings is 1. The first-order chi connectivity index (χ1) is 14.6. The highest BCUT2D eigenvalue weighted by molar-refractivity contribution is 8.00. The van der Waals surface area contributed by atoms with E-state index in [9.17, 15) is 10.3 Å². The van der Waals surface area contributed by atoms with Crippen LogP contribution in [0.1, 0.15) is 50.6 Å². The van der Waals surface area contributed by atoms with Crippen LogP contribution in [0.25, 0.3) is 22.2 Å². The lowest BCUT2D eigenvalue weighted by molar-refractivity contribution is -0.586. The molecule has 2 aromatic heterocycles. The Kier molecular flexibility index (Phi) is 5.37. The van der Waals surface area contributed by atoms with Gasteiger partial charge in [0, 0.05) is 21.3 Å². The van der Waals surface area contributed by atoms with Gasteiger partial charge in [-0.2, -0.15) is 0 Å². The Morgan fingerprint density at radius 3 is 2.60 bits per heavy atom. The standard InChI is InChI=1S/C24H28N2O3S/c1-15-13-21(20-11-12-25-24(20)26(15)28)22-14-19(30-18-3-2-4-18)9-10-23(22)29-17-7-5-16(27)6-8-17/h9-14,16-18,25,27H,2-8H2,1H3. The molecule has 5 nitrogen and oxygen atoms in total. The van der Waals surface area contributed by atoms with Crippen LogP contribution in [0.3, 0.4) is 0 Å². The highest BCUT2D eigenvalue weighted by Gasteiger charge is 2.24. The predicted molar refractivity (Wildman–Crippen MR) is 120 cm³/mol. The Bertz CT molecular complexity index is 1050. The molecule has 6 heteroatoms. The summed E-state index contributed by atoms with van der Waals surface area (Å²) in [5.41, 5.74) is 3.30. The lowest BCUT2D eigenvalue weighted by atomic mass is 9.95. The van der Waals surface area contributed by atoms with E-state index in [-0.39, 0.29) is 12.2 Å². The van der Waals surface area contributed by atoms with Crippen molar-refractivity contribution in [3.05, 3.63) is 47.4 Å². The van der Waals surface area contributed by atoms with Gasteiger partial charge in [-0.05, 0) is 75.8 Å². The Morgan fingerprint density at radius 2 is 1.87 bits per heavy atom. The molecular weight excluding hydrogens is 396 g/mol. The van der Waals surface area contributed by atoms with Crippen LogP contribution in [0.15, 0.2) is 41.4 Å². The average Bonchev–Trinajstić information content (AvgIpc) is 3.20.